The van der Waals surface area contributed by atoms with Crippen LogP contribution in [0.3, 0.4) is 0 Å². The summed E-state index contributed by atoms with van der Waals surface area (Å²) in [6.45, 7) is 1.58. The van der Waals surface area contributed by atoms with Crippen molar-refractivity contribution in [1.29, 1.82) is 0 Å². The summed E-state index contributed by atoms with van der Waals surface area (Å²) in [5, 5.41) is 27.0. The number of aromatic hydroxyl groups is 1. The topological polar surface area (TPSA) is 64.5 Å². The van der Waals surface area contributed by atoms with Gasteiger partial charge in [0, 0.05) is 16.6 Å². The fraction of sp³-hybridized carbons (Fsp3) is 0.533. The Morgan fingerprint density at radius 2 is 2.00 bits per heavy atom. The Kier molecular flexibility index (Phi) is 5.67. The average molecular weight is 329 g/mol. The lowest BCUT2D eigenvalue weighted by atomic mass is 9.96. The highest BCUT2D eigenvalue weighted by Crippen LogP contribution is 2.35. The van der Waals surface area contributed by atoms with Crippen molar-refractivity contribution >= 4 is 34.6 Å². The number of thiocarbonyl (C=S) groups is 1. The van der Waals surface area contributed by atoms with Crippen molar-refractivity contribution in [2.24, 2.45) is 0 Å². The molecule has 2 rings (SSSR count). The van der Waals surface area contributed by atoms with Gasteiger partial charge in [-0.2, -0.15) is 0 Å². The summed E-state index contributed by atoms with van der Waals surface area (Å²) in [6, 6.07) is 3.53. The first kappa shape index (κ1) is 16.3. The molecule has 0 aliphatic heterocycles. The number of nitrogens with one attached hydrogen (secondary N) is 2. The van der Waals surface area contributed by atoms with Crippen LogP contribution in [0.5, 0.6) is 5.75 Å². The molecule has 1 aromatic carbocycles. The monoisotopic (exact) mass is 328 g/mol. The quantitative estimate of drug-likeness (QED) is 0.503. The van der Waals surface area contributed by atoms with E-state index in [-0.39, 0.29) is 5.75 Å². The Balaban J connectivity index is 2.06. The van der Waals surface area contributed by atoms with Gasteiger partial charge in [0.2, 0.25) is 0 Å². The van der Waals surface area contributed by atoms with Crippen molar-refractivity contribution in [3.8, 4) is 5.75 Å². The van der Waals surface area contributed by atoms with Crippen molar-refractivity contribution < 1.29 is 10.2 Å². The smallest absolute Gasteiger partial charge is 0.171 e. The summed E-state index contributed by atoms with van der Waals surface area (Å²) in [4.78, 5) is 0. The van der Waals surface area contributed by atoms with Crippen molar-refractivity contribution in [3.05, 3.63) is 22.7 Å². The Morgan fingerprint density at radius 3 is 2.62 bits per heavy atom. The van der Waals surface area contributed by atoms with Crippen molar-refractivity contribution in [2.45, 2.75) is 51.2 Å². The molecule has 1 fully saturated rings. The van der Waals surface area contributed by atoms with Crippen molar-refractivity contribution in [2.75, 3.05) is 5.32 Å². The van der Waals surface area contributed by atoms with Gasteiger partial charge >= 0.3 is 0 Å². The van der Waals surface area contributed by atoms with Crippen LogP contribution in [0.25, 0.3) is 0 Å². The van der Waals surface area contributed by atoms with Gasteiger partial charge in [0.15, 0.2) is 5.11 Å². The normalized spacial score (nSPS) is 17.3. The Bertz CT molecular complexity index is 517. The van der Waals surface area contributed by atoms with Crippen LogP contribution >= 0.6 is 23.8 Å². The van der Waals surface area contributed by atoms with Gasteiger partial charge < -0.3 is 20.8 Å². The number of aliphatic hydroxyl groups excluding tert-OH is 1. The minimum atomic E-state index is -0.802. The summed E-state index contributed by atoms with van der Waals surface area (Å²) in [7, 11) is 0. The van der Waals surface area contributed by atoms with Gasteiger partial charge in [-0.25, -0.2) is 0 Å². The SMILES string of the molecule is CC(O)c1cc(Cl)cc(NC(=S)NC2CCCCC2)c1O. The number of rotatable bonds is 3. The second-order valence-corrected chi connectivity index (χ2v) is 6.35. The number of hydrogen-bond acceptors (Lipinski definition) is 3. The molecule has 116 valence electrons. The maximum absolute atomic E-state index is 10.2. The number of benzene rings is 1. The largest absolute Gasteiger partial charge is 0.505 e. The van der Waals surface area contributed by atoms with Crippen LogP contribution in [0.15, 0.2) is 12.1 Å². The molecule has 0 aromatic heterocycles. The molecule has 4 N–H and O–H groups in total. The molecule has 0 radical (unpaired) electrons. The second-order valence-electron chi connectivity index (χ2n) is 5.50. The fourth-order valence-electron chi connectivity index (χ4n) is 2.62. The summed E-state index contributed by atoms with van der Waals surface area (Å²) in [5.41, 5.74) is 0.789. The zero-order valence-corrected chi connectivity index (χ0v) is 13.6. The third-order valence-corrected chi connectivity index (χ3v) is 4.18. The summed E-state index contributed by atoms with van der Waals surface area (Å²) >= 11 is 11.3. The minimum Gasteiger partial charge on any atom is -0.505 e. The van der Waals surface area contributed by atoms with E-state index in [4.69, 9.17) is 23.8 Å². The lowest BCUT2D eigenvalue weighted by Gasteiger charge is -2.24. The molecule has 21 heavy (non-hydrogen) atoms. The van der Waals surface area contributed by atoms with E-state index in [2.05, 4.69) is 10.6 Å². The second kappa shape index (κ2) is 7.29. The van der Waals surface area contributed by atoms with Crippen molar-refractivity contribution in [3.63, 3.8) is 0 Å². The van der Waals surface area contributed by atoms with Gasteiger partial charge in [-0.05, 0) is 44.1 Å². The Morgan fingerprint density at radius 1 is 1.33 bits per heavy atom. The van der Waals surface area contributed by atoms with Gasteiger partial charge in [0.25, 0.3) is 0 Å². The molecule has 0 spiro atoms. The molecule has 1 aliphatic rings. The van der Waals surface area contributed by atoms with E-state index in [1.54, 1.807) is 19.1 Å². The molecule has 1 aliphatic carbocycles. The van der Waals surface area contributed by atoms with Gasteiger partial charge in [0.1, 0.15) is 5.75 Å². The first-order valence-electron chi connectivity index (χ1n) is 7.25. The fourth-order valence-corrected chi connectivity index (χ4v) is 3.13. The van der Waals surface area contributed by atoms with Gasteiger partial charge in [-0.15, -0.1) is 0 Å². The molecule has 0 saturated heterocycles. The predicted octanol–water partition coefficient (Wildman–Crippen LogP) is 3.72. The number of phenols is 1. The van der Waals surface area contributed by atoms with Crippen LogP contribution in [0.4, 0.5) is 5.69 Å². The highest BCUT2D eigenvalue weighted by Gasteiger charge is 2.17. The number of anilines is 1. The third-order valence-electron chi connectivity index (χ3n) is 3.74. The number of aliphatic hydroxyl groups is 1. The van der Waals surface area contributed by atoms with Crippen LogP contribution in [-0.2, 0) is 0 Å². The number of phenolic OH excluding ortho intramolecular Hbond substituents is 1. The van der Waals surface area contributed by atoms with E-state index in [0.717, 1.165) is 12.8 Å². The minimum absolute atomic E-state index is 0.0257. The molecule has 0 bridgehead atoms. The van der Waals surface area contributed by atoms with Crippen LogP contribution < -0.4 is 10.6 Å². The van der Waals surface area contributed by atoms with E-state index in [1.807, 2.05) is 0 Å². The number of halogens is 1. The van der Waals surface area contributed by atoms with Gasteiger partial charge in [-0.1, -0.05) is 30.9 Å². The predicted molar refractivity (Wildman–Crippen MR) is 90.0 cm³/mol. The standard InChI is InChI=1S/C15H21ClN2O2S/c1-9(19)12-7-10(16)8-13(14(12)20)18-15(21)17-11-5-3-2-4-6-11/h7-9,11,19-20H,2-6H2,1H3,(H2,17,18,21). The summed E-state index contributed by atoms with van der Waals surface area (Å²) < 4.78 is 0. The van der Waals surface area contributed by atoms with E-state index < -0.39 is 6.10 Å². The van der Waals surface area contributed by atoms with E-state index in [0.29, 0.717) is 27.4 Å². The lowest BCUT2D eigenvalue weighted by Crippen LogP contribution is -2.38. The van der Waals surface area contributed by atoms with E-state index in [9.17, 15) is 10.2 Å². The molecule has 0 heterocycles. The summed E-state index contributed by atoms with van der Waals surface area (Å²) in [5.74, 6) is -0.0257. The van der Waals surface area contributed by atoms with Gasteiger partial charge in [-0.3, -0.25) is 0 Å². The molecule has 4 nitrogen and oxygen atoms in total. The van der Waals surface area contributed by atoms with Crippen LogP contribution in [-0.4, -0.2) is 21.4 Å². The Hall–Kier alpha value is -1.04. The molecule has 6 heteroatoms. The molecular formula is C15H21ClN2O2S. The summed E-state index contributed by atoms with van der Waals surface area (Å²) in [6.07, 6.45) is 5.14. The zero-order chi connectivity index (χ0) is 15.4. The molecular weight excluding hydrogens is 308 g/mol. The maximum atomic E-state index is 10.2. The zero-order valence-electron chi connectivity index (χ0n) is 12.0. The molecule has 1 unspecified atom stereocenters. The third kappa shape index (κ3) is 4.46. The van der Waals surface area contributed by atoms with Gasteiger partial charge in [0.05, 0.1) is 11.8 Å². The van der Waals surface area contributed by atoms with Crippen molar-refractivity contribution in [1.82, 2.24) is 5.32 Å². The molecule has 0 amide bonds. The average Bonchev–Trinajstić information content (AvgIpc) is 2.43. The molecule has 1 saturated carbocycles. The van der Waals surface area contributed by atoms with E-state index in [1.165, 1.54) is 19.3 Å². The highest BCUT2D eigenvalue weighted by molar-refractivity contribution is 7.80. The molecule has 1 atom stereocenters. The van der Waals surface area contributed by atoms with E-state index >= 15 is 0 Å². The molecule has 1 aromatic rings. The first-order valence-corrected chi connectivity index (χ1v) is 8.04. The maximum Gasteiger partial charge on any atom is 0.171 e. The number of hydrogen-bond donors (Lipinski definition) is 4. The Labute approximate surface area is 135 Å². The van der Waals surface area contributed by atoms with Crippen LogP contribution in [0, 0.1) is 0 Å². The first-order chi connectivity index (χ1) is 9.97. The highest BCUT2D eigenvalue weighted by atomic mass is 35.5. The lowest BCUT2D eigenvalue weighted by molar-refractivity contribution is 0.195. The van der Waals surface area contributed by atoms with Crippen LogP contribution in [0.1, 0.15) is 50.7 Å². The van der Waals surface area contributed by atoms with Crippen LogP contribution in [0.2, 0.25) is 5.02 Å².